The van der Waals surface area contributed by atoms with Crippen molar-refractivity contribution < 1.29 is 23.7 Å². The second-order valence-electron chi connectivity index (χ2n) is 5.27. The van der Waals surface area contributed by atoms with Gasteiger partial charge in [0.2, 0.25) is 0 Å². The molecular weight excluding hydrogens is 260 g/mol. The lowest BCUT2D eigenvalue weighted by atomic mass is 9.94. The molecule has 0 radical (unpaired) electrons. The lowest BCUT2D eigenvalue weighted by Gasteiger charge is -2.16. The molecule has 0 N–H and O–H groups in total. The van der Waals surface area contributed by atoms with Crippen LogP contribution < -0.4 is 0 Å². The molecule has 2 bridgehead atoms. The number of rotatable bonds is 10. The predicted octanol–water partition coefficient (Wildman–Crippen LogP) is 1.42. The van der Waals surface area contributed by atoms with Crippen LogP contribution in [-0.2, 0) is 23.7 Å². The zero-order valence-corrected chi connectivity index (χ0v) is 12.1. The molecule has 1 fully saturated rings. The Labute approximate surface area is 120 Å². The molecule has 0 heterocycles. The predicted molar refractivity (Wildman–Crippen MR) is 73.3 cm³/mol. The Morgan fingerprint density at radius 1 is 1.00 bits per heavy atom. The molecule has 0 amide bonds. The average molecular weight is 284 g/mol. The van der Waals surface area contributed by atoms with Crippen LogP contribution in [0.3, 0.4) is 0 Å². The molecule has 0 aromatic rings. The maximum Gasteiger partial charge on any atom is 0.309 e. The molecule has 0 saturated heterocycles. The normalized spacial score (nSPS) is 27.1. The molecule has 2 aliphatic carbocycles. The molecule has 2 rings (SSSR count). The van der Waals surface area contributed by atoms with E-state index in [4.69, 9.17) is 18.9 Å². The van der Waals surface area contributed by atoms with Crippen LogP contribution in [0.25, 0.3) is 0 Å². The summed E-state index contributed by atoms with van der Waals surface area (Å²) >= 11 is 0. The molecule has 0 aromatic carbocycles. The second-order valence-corrected chi connectivity index (χ2v) is 5.27. The van der Waals surface area contributed by atoms with Crippen LogP contribution >= 0.6 is 0 Å². The molecule has 5 heteroatoms. The Kier molecular flexibility index (Phi) is 6.50. The molecule has 1 saturated carbocycles. The van der Waals surface area contributed by atoms with Crippen LogP contribution in [0.2, 0.25) is 0 Å². The first kappa shape index (κ1) is 15.5. The van der Waals surface area contributed by atoms with Gasteiger partial charge in [0.05, 0.1) is 39.0 Å². The fourth-order valence-corrected chi connectivity index (χ4v) is 2.82. The summed E-state index contributed by atoms with van der Waals surface area (Å²) in [6, 6.07) is 0. The van der Waals surface area contributed by atoms with Crippen molar-refractivity contribution in [1.82, 2.24) is 0 Å². The van der Waals surface area contributed by atoms with E-state index in [1.54, 1.807) is 7.11 Å². The molecule has 3 atom stereocenters. The molecule has 5 nitrogen and oxygen atoms in total. The summed E-state index contributed by atoms with van der Waals surface area (Å²) < 4.78 is 20.7. The van der Waals surface area contributed by atoms with Crippen molar-refractivity contribution in [2.75, 3.05) is 46.8 Å². The number of esters is 1. The molecule has 114 valence electrons. The van der Waals surface area contributed by atoms with Gasteiger partial charge >= 0.3 is 5.97 Å². The summed E-state index contributed by atoms with van der Waals surface area (Å²) in [5, 5.41) is 0. The van der Waals surface area contributed by atoms with Gasteiger partial charge in [0.1, 0.15) is 6.61 Å². The quantitative estimate of drug-likeness (QED) is 0.345. The number of fused-ring (bicyclic) bond motifs is 2. The highest BCUT2D eigenvalue weighted by molar-refractivity contribution is 5.74. The van der Waals surface area contributed by atoms with Crippen molar-refractivity contribution >= 4 is 5.97 Å². The number of hydrogen-bond donors (Lipinski definition) is 0. The number of allylic oxidation sites excluding steroid dienone is 2. The van der Waals surface area contributed by atoms with Crippen molar-refractivity contribution in [1.29, 1.82) is 0 Å². The van der Waals surface area contributed by atoms with E-state index in [9.17, 15) is 4.79 Å². The second kappa shape index (κ2) is 8.39. The number of carbonyl (C=O) groups is 1. The zero-order chi connectivity index (χ0) is 14.2. The van der Waals surface area contributed by atoms with E-state index in [0.29, 0.717) is 51.5 Å². The highest BCUT2D eigenvalue weighted by atomic mass is 16.6. The van der Waals surface area contributed by atoms with Gasteiger partial charge in [-0.1, -0.05) is 12.2 Å². The molecule has 0 aliphatic heterocycles. The van der Waals surface area contributed by atoms with Gasteiger partial charge in [0, 0.05) is 7.11 Å². The van der Waals surface area contributed by atoms with Crippen LogP contribution in [0.15, 0.2) is 12.2 Å². The van der Waals surface area contributed by atoms with E-state index in [0.717, 1.165) is 12.8 Å². The third kappa shape index (κ3) is 4.58. The summed E-state index contributed by atoms with van der Waals surface area (Å²) in [7, 11) is 1.64. The molecule has 0 aromatic heterocycles. The van der Waals surface area contributed by atoms with E-state index >= 15 is 0 Å². The summed E-state index contributed by atoms with van der Waals surface area (Å²) in [6.07, 6.45) is 6.46. The monoisotopic (exact) mass is 284 g/mol. The molecule has 0 spiro atoms. The van der Waals surface area contributed by atoms with Crippen molar-refractivity contribution in [3.63, 3.8) is 0 Å². The number of hydrogen-bond acceptors (Lipinski definition) is 5. The maximum absolute atomic E-state index is 11.9. The first-order valence-corrected chi connectivity index (χ1v) is 7.30. The van der Waals surface area contributed by atoms with Gasteiger partial charge in [-0.25, -0.2) is 0 Å². The molecule has 2 aliphatic rings. The highest BCUT2D eigenvalue weighted by Crippen LogP contribution is 2.43. The van der Waals surface area contributed by atoms with Gasteiger partial charge in [-0.3, -0.25) is 4.79 Å². The maximum atomic E-state index is 11.9. The Morgan fingerprint density at radius 3 is 2.30 bits per heavy atom. The van der Waals surface area contributed by atoms with Crippen LogP contribution in [0.1, 0.15) is 12.8 Å². The van der Waals surface area contributed by atoms with E-state index in [1.165, 1.54) is 0 Å². The first-order chi connectivity index (χ1) is 9.81. The topological polar surface area (TPSA) is 54.0 Å². The van der Waals surface area contributed by atoms with Crippen LogP contribution in [0, 0.1) is 17.8 Å². The summed E-state index contributed by atoms with van der Waals surface area (Å²) in [5.74, 6) is 1.00. The van der Waals surface area contributed by atoms with E-state index in [1.807, 2.05) is 0 Å². The van der Waals surface area contributed by atoms with Crippen molar-refractivity contribution in [3.8, 4) is 0 Å². The van der Waals surface area contributed by atoms with Gasteiger partial charge in [0.25, 0.3) is 0 Å². The lowest BCUT2D eigenvalue weighted by Crippen LogP contribution is -2.23. The van der Waals surface area contributed by atoms with Crippen molar-refractivity contribution in [2.24, 2.45) is 17.8 Å². The lowest BCUT2D eigenvalue weighted by molar-refractivity contribution is -0.151. The summed E-state index contributed by atoms with van der Waals surface area (Å²) in [6.45, 7) is 2.97. The van der Waals surface area contributed by atoms with Crippen molar-refractivity contribution in [3.05, 3.63) is 12.2 Å². The Bertz CT molecular complexity index is 328. The SMILES string of the molecule is COCCOCCOCCOC(=O)C1CC2C=CC1C2. The third-order valence-corrected chi connectivity index (χ3v) is 3.86. The van der Waals surface area contributed by atoms with E-state index in [2.05, 4.69) is 12.2 Å². The van der Waals surface area contributed by atoms with E-state index in [-0.39, 0.29) is 11.9 Å². The average Bonchev–Trinajstić information content (AvgIpc) is 3.08. The molecular formula is C15H24O5. The van der Waals surface area contributed by atoms with Gasteiger partial charge in [0.15, 0.2) is 0 Å². The minimum atomic E-state index is -0.0678. The van der Waals surface area contributed by atoms with Gasteiger partial charge in [-0.15, -0.1) is 0 Å². The molecule has 3 unspecified atom stereocenters. The van der Waals surface area contributed by atoms with Crippen LogP contribution in [-0.4, -0.2) is 52.7 Å². The number of ether oxygens (including phenoxy) is 4. The zero-order valence-electron chi connectivity index (χ0n) is 12.1. The van der Waals surface area contributed by atoms with Crippen LogP contribution in [0.4, 0.5) is 0 Å². The highest BCUT2D eigenvalue weighted by Gasteiger charge is 2.40. The van der Waals surface area contributed by atoms with Gasteiger partial charge in [-0.05, 0) is 24.7 Å². The Morgan fingerprint density at radius 2 is 1.70 bits per heavy atom. The minimum absolute atomic E-state index is 0.0678. The third-order valence-electron chi connectivity index (χ3n) is 3.86. The smallest absolute Gasteiger partial charge is 0.309 e. The standard InChI is InChI=1S/C15H24O5/c1-17-4-5-18-6-7-19-8-9-20-15(16)14-11-12-2-3-13(14)10-12/h2-3,12-14H,4-11H2,1H3. The van der Waals surface area contributed by atoms with Gasteiger partial charge in [-0.2, -0.15) is 0 Å². The fourth-order valence-electron chi connectivity index (χ4n) is 2.82. The Hall–Kier alpha value is -0.910. The summed E-state index contributed by atoms with van der Waals surface area (Å²) in [5.41, 5.74) is 0. The first-order valence-electron chi connectivity index (χ1n) is 7.30. The van der Waals surface area contributed by atoms with E-state index < -0.39 is 0 Å². The van der Waals surface area contributed by atoms with Crippen molar-refractivity contribution in [2.45, 2.75) is 12.8 Å². The number of methoxy groups -OCH3 is 1. The Balaban J connectivity index is 1.43. The molecule has 20 heavy (non-hydrogen) atoms. The van der Waals surface area contributed by atoms with Crippen LogP contribution in [0.5, 0.6) is 0 Å². The minimum Gasteiger partial charge on any atom is -0.463 e. The largest absolute Gasteiger partial charge is 0.463 e. The fraction of sp³-hybridized carbons (Fsp3) is 0.800. The summed E-state index contributed by atoms with van der Waals surface area (Å²) in [4.78, 5) is 11.9. The number of carbonyl (C=O) groups excluding carboxylic acids is 1. The van der Waals surface area contributed by atoms with Gasteiger partial charge < -0.3 is 18.9 Å².